The van der Waals surface area contributed by atoms with Crippen LogP contribution >= 0.6 is 0 Å². The maximum absolute atomic E-state index is 11.6. The van der Waals surface area contributed by atoms with Gasteiger partial charge >= 0.3 is 5.97 Å². The van der Waals surface area contributed by atoms with Crippen molar-refractivity contribution in [3.63, 3.8) is 0 Å². The quantitative estimate of drug-likeness (QED) is 0.741. The van der Waals surface area contributed by atoms with E-state index >= 15 is 0 Å². The fourth-order valence-electron chi connectivity index (χ4n) is 1.68. The number of carbonyl (C=O) groups is 1. The highest BCUT2D eigenvalue weighted by Crippen LogP contribution is 2.18. The first-order valence-electron chi connectivity index (χ1n) is 5.11. The molecular formula is C11H18N2O2. The molecule has 0 bridgehead atoms. The standard InChI is InChI=1S/C11H18N2O2/c1-5-15-11(14)10-7(2)9(6-12-4)13-8(10)3/h12-13H,5-6H2,1-4H3. The molecule has 1 aromatic heterocycles. The van der Waals surface area contributed by atoms with Crippen LogP contribution in [-0.4, -0.2) is 24.6 Å². The van der Waals surface area contributed by atoms with Gasteiger partial charge in [0, 0.05) is 17.9 Å². The van der Waals surface area contributed by atoms with E-state index in [-0.39, 0.29) is 5.97 Å². The second kappa shape index (κ2) is 4.98. The van der Waals surface area contributed by atoms with Gasteiger partial charge in [0.15, 0.2) is 0 Å². The molecule has 0 spiro atoms. The molecule has 0 unspecified atom stereocenters. The zero-order chi connectivity index (χ0) is 11.4. The van der Waals surface area contributed by atoms with Crippen molar-refractivity contribution in [2.24, 2.45) is 0 Å². The van der Waals surface area contributed by atoms with E-state index < -0.39 is 0 Å². The molecule has 0 amide bonds. The molecule has 84 valence electrons. The Labute approximate surface area is 90.0 Å². The van der Waals surface area contributed by atoms with E-state index in [9.17, 15) is 4.79 Å². The number of H-pyrrole nitrogens is 1. The Morgan fingerprint density at radius 3 is 2.67 bits per heavy atom. The summed E-state index contributed by atoms with van der Waals surface area (Å²) in [6.07, 6.45) is 0. The van der Waals surface area contributed by atoms with Crippen LogP contribution in [0.2, 0.25) is 0 Å². The Hall–Kier alpha value is -1.29. The molecule has 2 N–H and O–H groups in total. The molecule has 0 saturated carbocycles. The van der Waals surface area contributed by atoms with Crippen LogP contribution in [0.25, 0.3) is 0 Å². The summed E-state index contributed by atoms with van der Waals surface area (Å²) in [5.41, 5.74) is 3.55. The minimum Gasteiger partial charge on any atom is -0.462 e. The number of rotatable bonds is 4. The number of aromatic nitrogens is 1. The first-order chi connectivity index (χ1) is 7.11. The topological polar surface area (TPSA) is 54.1 Å². The predicted molar refractivity (Wildman–Crippen MR) is 59.0 cm³/mol. The maximum atomic E-state index is 11.6. The molecule has 1 aromatic rings. The number of hydrogen-bond donors (Lipinski definition) is 2. The van der Waals surface area contributed by atoms with Crippen molar-refractivity contribution in [2.45, 2.75) is 27.3 Å². The minimum atomic E-state index is -0.244. The number of carbonyl (C=O) groups excluding carboxylic acids is 1. The van der Waals surface area contributed by atoms with Gasteiger partial charge in [-0.25, -0.2) is 4.79 Å². The molecular weight excluding hydrogens is 192 g/mol. The summed E-state index contributed by atoms with van der Waals surface area (Å²) >= 11 is 0. The molecule has 0 aliphatic rings. The molecule has 0 aliphatic heterocycles. The van der Waals surface area contributed by atoms with Crippen LogP contribution in [0.5, 0.6) is 0 Å². The van der Waals surface area contributed by atoms with Crippen LogP contribution < -0.4 is 5.32 Å². The first kappa shape index (κ1) is 11.8. The number of esters is 1. The van der Waals surface area contributed by atoms with Gasteiger partial charge in [-0.1, -0.05) is 0 Å². The normalized spacial score (nSPS) is 10.4. The van der Waals surface area contributed by atoms with Gasteiger partial charge < -0.3 is 15.0 Å². The smallest absolute Gasteiger partial charge is 0.340 e. The monoisotopic (exact) mass is 210 g/mol. The largest absolute Gasteiger partial charge is 0.462 e. The summed E-state index contributed by atoms with van der Waals surface area (Å²) in [4.78, 5) is 14.8. The van der Waals surface area contributed by atoms with Gasteiger partial charge in [-0.15, -0.1) is 0 Å². The fourth-order valence-corrected chi connectivity index (χ4v) is 1.68. The van der Waals surface area contributed by atoms with Crippen LogP contribution in [0, 0.1) is 13.8 Å². The fraction of sp³-hybridized carbons (Fsp3) is 0.545. The summed E-state index contributed by atoms with van der Waals surface area (Å²) in [6.45, 7) is 6.76. The second-order valence-corrected chi connectivity index (χ2v) is 3.48. The Bertz CT molecular complexity index is 356. The summed E-state index contributed by atoms with van der Waals surface area (Å²) in [7, 11) is 1.87. The third-order valence-electron chi connectivity index (χ3n) is 2.37. The zero-order valence-corrected chi connectivity index (χ0v) is 9.73. The SMILES string of the molecule is CCOC(=O)c1c(C)[nH]c(CNC)c1C. The average Bonchev–Trinajstić information content (AvgIpc) is 2.43. The lowest BCUT2D eigenvalue weighted by atomic mass is 10.1. The Balaban J connectivity index is 3.02. The summed E-state index contributed by atoms with van der Waals surface area (Å²) in [6, 6.07) is 0. The molecule has 0 fully saturated rings. The van der Waals surface area contributed by atoms with E-state index in [1.165, 1.54) is 0 Å². The van der Waals surface area contributed by atoms with Crippen LogP contribution in [0.4, 0.5) is 0 Å². The third kappa shape index (κ3) is 2.39. The minimum absolute atomic E-state index is 0.244. The molecule has 0 atom stereocenters. The van der Waals surface area contributed by atoms with Crippen LogP contribution in [0.3, 0.4) is 0 Å². The van der Waals surface area contributed by atoms with Gasteiger partial charge in [0.2, 0.25) is 0 Å². The average molecular weight is 210 g/mol. The highest BCUT2D eigenvalue weighted by atomic mass is 16.5. The van der Waals surface area contributed by atoms with Crippen molar-refractivity contribution in [2.75, 3.05) is 13.7 Å². The molecule has 4 nitrogen and oxygen atoms in total. The lowest BCUT2D eigenvalue weighted by Gasteiger charge is -2.02. The zero-order valence-electron chi connectivity index (χ0n) is 9.73. The molecule has 0 aromatic carbocycles. The molecule has 1 rings (SSSR count). The number of ether oxygens (including phenoxy) is 1. The number of hydrogen-bond acceptors (Lipinski definition) is 3. The molecule has 0 radical (unpaired) electrons. The highest BCUT2D eigenvalue weighted by Gasteiger charge is 2.18. The lowest BCUT2D eigenvalue weighted by molar-refractivity contribution is 0.0525. The summed E-state index contributed by atoms with van der Waals surface area (Å²) < 4.78 is 5.00. The highest BCUT2D eigenvalue weighted by molar-refractivity contribution is 5.92. The Morgan fingerprint density at radius 2 is 2.13 bits per heavy atom. The Morgan fingerprint density at radius 1 is 1.47 bits per heavy atom. The van der Waals surface area contributed by atoms with Gasteiger partial charge in [-0.3, -0.25) is 0 Å². The second-order valence-electron chi connectivity index (χ2n) is 3.48. The lowest BCUT2D eigenvalue weighted by Crippen LogP contribution is -2.08. The van der Waals surface area contributed by atoms with Crippen LogP contribution in [0.1, 0.15) is 34.2 Å². The number of aromatic amines is 1. The van der Waals surface area contributed by atoms with E-state index in [4.69, 9.17) is 4.74 Å². The van der Waals surface area contributed by atoms with Crippen molar-refractivity contribution < 1.29 is 9.53 Å². The van der Waals surface area contributed by atoms with Gasteiger partial charge in [0.25, 0.3) is 0 Å². The van der Waals surface area contributed by atoms with Crippen molar-refractivity contribution in [1.29, 1.82) is 0 Å². The molecule has 15 heavy (non-hydrogen) atoms. The van der Waals surface area contributed by atoms with Gasteiger partial charge in [-0.2, -0.15) is 0 Å². The van der Waals surface area contributed by atoms with E-state index in [1.807, 2.05) is 27.8 Å². The van der Waals surface area contributed by atoms with Gasteiger partial charge in [-0.05, 0) is 33.4 Å². The molecule has 0 aliphatic carbocycles. The van der Waals surface area contributed by atoms with E-state index in [0.29, 0.717) is 12.2 Å². The van der Waals surface area contributed by atoms with Crippen molar-refractivity contribution >= 4 is 5.97 Å². The van der Waals surface area contributed by atoms with Crippen molar-refractivity contribution in [3.05, 3.63) is 22.5 Å². The first-order valence-corrected chi connectivity index (χ1v) is 5.11. The molecule has 0 saturated heterocycles. The van der Waals surface area contributed by atoms with Crippen molar-refractivity contribution in [3.8, 4) is 0 Å². The van der Waals surface area contributed by atoms with Crippen molar-refractivity contribution in [1.82, 2.24) is 10.3 Å². The number of aryl methyl sites for hydroxylation is 1. The van der Waals surface area contributed by atoms with Gasteiger partial charge in [0.1, 0.15) is 0 Å². The van der Waals surface area contributed by atoms with E-state index in [2.05, 4.69) is 10.3 Å². The van der Waals surface area contributed by atoms with Crippen LogP contribution in [0.15, 0.2) is 0 Å². The van der Waals surface area contributed by atoms with Gasteiger partial charge in [0.05, 0.1) is 12.2 Å². The summed E-state index contributed by atoms with van der Waals surface area (Å²) in [5, 5.41) is 3.05. The van der Waals surface area contributed by atoms with E-state index in [0.717, 1.165) is 23.5 Å². The van der Waals surface area contributed by atoms with Crippen LogP contribution in [-0.2, 0) is 11.3 Å². The molecule has 1 heterocycles. The third-order valence-corrected chi connectivity index (χ3v) is 2.37. The Kier molecular flexibility index (Phi) is 3.91. The predicted octanol–water partition coefficient (Wildman–Crippen LogP) is 1.53. The maximum Gasteiger partial charge on any atom is 0.340 e. The molecule has 4 heteroatoms. The summed E-state index contributed by atoms with van der Waals surface area (Å²) in [5.74, 6) is -0.244. The number of nitrogens with one attached hydrogen (secondary N) is 2. The van der Waals surface area contributed by atoms with E-state index in [1.54, 1.807) is 0 Å².